The smallest absolute Gasteiger partial charge is 0.320 e. The lowest BCUT2D eigenvalue weighted by Crippen LogP contribution is -2.37. The van der Waals surface area contributed by atoms with Crippen molar-refractivity contribution >= 4 is 38.8 Å². The molecule has 0 amide bonds. The fourth-order valence-corrected chi connectivity index (χ4v) is 4.01. The molecule has 0 heterocycles. The predicted molar refractivity (Wildman–Crippen MR) is 103 cm³/mol. The van der Waals surface area contributed by atoms with E-state index < -0.39 is 11.4 Å². The van der Waals surface area contributed by atoms with Gasteiger partial charge in [-0.2, -0.15) is 0 Å². The van der Waals surface area contributed by atoms with Gasteiger partial charge in [0, 0.05) is 11.1 Å². The van der Waals surface area contributed by atoms with Crippen molar-refractivity contribution in [1.29, 1.82) is 0 Å². The van der Waals surface area contributed by atoms with E-state index in [1.807, 2.05) is 0 Å². The summed E-state index contributed by atoms with van der Waals surface area (Å²) < 4.78 is 4.73. The summed E-state index contributed by atoms with van der Waals surface area (Å²) >= 11 is 4.51. The third-order valence-corrected chi connectivity index (χ3v) is 6.41. The van der Waals surface area contributed by atoms with E-state index in [-0.39, 0.29) is 5.12 Å². The summed E-state index contributed by atoms with van der Waals surface area (Å²) in [6.45, 7) is 3.88. The van der Waals surface area contributed by atoms with Crippen LogP contribution in [-0.4, -0.2) is 29.3 Å². The number of hydrogen-bond acceptors (Lipinski definition) is 4. The Balaban J connectivity index is 3.64. The van der Waals surface area contributed by atoms with Gasteiger partial charge in [0.15, 0.2) is 0 Å². The molecule has 0 saturated heterocycles. The van der Waals surface area contributed by atoms with Crippen LogP contribution >= 0.6 is 27.7 Å². The van der Waals surface area contributed by atoms with E-state index in [1.165, 1.54) is 76.7 Å². The molecule has 0 aliphatic rings. The van der Waals surface area contributed by atoms with Gasteiger partial charge in [-0.25, -0.2) is 0 Å². The Hall–Kier alpha value is -0.0300. The molecule has 0 radical (unpaired) electrons. The van der Waals surface area contributed by atoms with Crippen LogP contribution in [0.25, 0.3) is 0 Å². The molecule has 0 N–H and O–H groups in total. The number of halogens is 1. The molecule has 0 fully saturated rings. The molecule has 0 saturated carbocycles. The zero-order valence-electron chi connectivity index (χ0n) is 15.0. The van der Waals surface area contributed by atoms with E-state index in [2.05, 4.69) is 22.9 Å². The molecule has 1 atom stereocenters. The van der Waals surface area contributed by atoms with Crippen LogP contribution in [0.1, 0.15) is 78.1 Å². The van der Waals surface area contributed by atoms with Crippen LogP contribution in [0.5, 0.6) is 0 Å². The van der Waals surface area contributed by atoms with Gasteiger partial charge in [0.05, 0.1) is 7.11 Å². The van der Waals surface area contributed by atoms with Crippen molar-refractivity contribution in [1.82, 2.24) is 0 Å². The molecule has 136 valence electrons. The van der Waals surface area contributed by atoms with Crippen molar-refractivity contribution in [2.24, 2.45) is 5.41 Å². The molecule has 0 aliphatic heterocycles. The largest absolute Gasteiger partial charge is 0.468 e. The summed E-state index contributed by atoms with van der Waals surface area (Å²) in [5.74, 6) is 0.324. The number of alkyl halides is 1. The van der Waals surface area contributed by atoms with Gasteiger partial charge in [0.1, 0.15) is 5.41 Å². The quantitative estimate of drug-likeness (QED) is 0.159. The van der Waals surface area contributed by atoms with E-state index in [9.17, 15) is 9.59 Å². The lowest BCUT2D eigenvalue weighted by Gasteiger charge is -2.21. The third kappa shape index (κ3) is 9.75. The number of ether oxygens (including phenoxy) is 1. The van der Waals surface area contributed by atoms with Crippen LogP contribution in [0, 0.1) is 5.41 Å². The number of unbranched alkanes of at least 4 members (excludes halogenated alkanes) is 9. The molecule has 0 aromatic heterocycles. The molecule has 0 aliphatic carbocycles. The summed E-state index contributed by atoms with van der Waals surface area (Å²) in [7, 11) is 1.32. The molecule has 0 spiro atoms. The van der Waals surface area contributed by atoms with E-state index in [0.717, 1.165) is 12.2 Å². The second-order valence-electron chi connectivity index (χ2n) is 6.28. The molecule has 5 heteroatoms. The van der Waals surface area contributed by atoms with Gasteiger partial charge in [0.2, 0.25) is 5.12 Å². The highest BCUT2D eigenvalue weighted by atomic mass is 79.9. The molecular weight excluding hydrogens is 376 g/mol. The van der Waals surface area contributed by atoms with Gasteiger partial charge in [-0.05, 0) is 13.3 Å². The first-order valence-electron chi connectivity index (χ1n) is 8.84. The lowest BCUT2D eigenvalue weighted by atomic mass is 9.96. The Kier molecular flexibility index (Phi) is 14.3. The summed E-state index contributed by atoms with van der Waals surface area (Å²) in [4.78, 5) is 23.9. The average Bonchev–Trinajstić information content (AvgIpc) is 2.57. The van der Waals surface area contributed by atoms with Crippen LogP contribution < -0.4 is 0 Å². The monoisotopic (exact) mass is 408 g/mol. The van der Waals surface area contributed by atoms with Crippen molar-refractivity contribution in [3.05, 3.63) is 0 Å². The van der Waals surface area contributed by atoms with E-state index in [0.29, 0.717) is 5.33 Å². The van der Waals surface area contributed by atoms with Crippen molar-refractivity contribution in [3.63, 3.8) is 0 Å². The first-order valence-corrected chi connectivity index (χ1v) is 10.9. The van der Waals surface area contributed by atoms with Crippen LogP contribution in [0.4, 0.5) is 0 Å². The van der Waals surface area contributed by atoms with Gasteiger partial charge >= 0.3 is 5.97 Å². The van der Waals surface area contributed by atoms with Gasteiger partial charge in [-0.3, -0.25) is 9.59 Å². The van der Waals surface area contributed by atoms with Crippen molar-refractivity contribution in [3.8, 4) is 0 Å². The molecular formula is C18H33BrO3S. The highest BCUT2D eigenvalue weighted by molar-refractivity contribution is 9.09. The normalized spacial score (nSPS) is 13.6. The number of carbonyl (C=O) groups excluding carboxylic acids is 2. The Morgan fingerprint density at radius 2 is 1.43 bits per heavy atom. The highest BCUT2D eigenvalue weighted by Crippen LogP contribution is 2.29. The first-order chi connectivity index (χ1) is 11.0. The SMILES string of the molecule is CCCCCCCCCCCCSC(=O)C(C)(CBr)C(=O)OC. The summed E-state index contributed by atoms with van der Waals surface area (Å²) in [6, 6.07) is 0. The lowest BCUT2D eigenvalue weighted by molar-refractivity contribution is -0.152. The fourth-order valence-electron chi connectivity index (χ4n) is 2.33. The van der Waals surface area contributed by atoms with Crippen LogP contribution in [-0.2, 0) is 14.3 Å². The van der Waals surface area contributed by atoms with E-state index >= 15 is 0 Å². The minimum atomic E-state index is -1.07. The Labute approximate surface area is 154 Å². The Bertz CT molecular complexity index is 336. The zero-order chi connectivity index (χ0) is 17.6. The third-order valence-electron chi connectivity index (χ3n) is 4.08. The van der Waals surface area contributed by atoms with Gasteiger partial charge in [-0.15, -0.1) is 0 Å². The standard InChI is InChI=1S/C18H33BrO3S/c1-4-5-6-7-8-9-10-11-12-13-14-23-17(21)18(2,15-19)16(20)22-3/h4-15H2,1-3H3. The Morgan fingerprint density at radius 3 is 1.87 bits per heavy atom. The molecule has 0 aromatic rings. The molecule has 0 rings (SSSR count). The van der Waals surface area contributed by atoms with Gasteiger partial charge < -0.3 is 4.74 Å². The fraction of sp³-hybridized carbons (Fsp3) is 0.889. The second-order valence-corrected chi connectivity index (χ2v) is 7.90. The predicted octanol–water partition coefficient (Wildman–Crippen LogP) is 5.74. The van der Waals surface area contributed by atoms with Crippen LogP contribution in [0.3, 0.4) is 0 Å². The van der Waals surface area contributed by atoms with Gasteiger partial charge in [-0.1, -0.05) is 92.4 Å². The summed E-state index contributed by atoms with van der Waals surface area (Å²) in [5.41, 5.74) is -1.07. The molecule has 23 heavy (non-hydrogen) atoms. The average molecular weight is 409 g/mol. The van der Waals surface area contributed by atoms with Crippen LogP contribution in [0.2, 0.25) is 0 Å². The topological polar surface area (TPSA) is 43.4 Å². The van der Waals surface area contributed by atoms with E-state index in [1.54, 1.807) is 6.92 Å². The molecule has 1 unspecified atom stereocenters. The number of esters is 1. The number of methoxy groups -OCH3 is 1. The maximum absolute atomic E-state index is 12.2. The molecule has 0 aromatic carbocycles. The second kappa shape index (κ2) is 14.3. The van der Waals surface area contributed by atoms with Gasteiger partial charge in [0.25, 0.3) is 0 Å². The first kappa shape index (κ1) is 23.0. The minimum Gasteiger partial charge on any atom is -0.468 e. The Morgan fingerprint density at radius 1 is 0.957 bits per heavy atom. The van der Waals surface area contributed by atoms with E-state index in [4.69, 9.17) is 4.74 Å². The van der Waals surface area contributed by atoms with Crippen molar-refractivity contribution in [2.45, 2.75) is 78.1 Å². The number of rotatable bonds is 14. The number of hydrogen-bond donors (Lipinski definition) is 0. The summed E-state index contributed by atoms with van der Waals surface area (Å²) in [5, 5.41) is 0.202. The summed E-state index contributed by atoms with van der Waals surface area (Å²) in [6.07, 6.45) is 12.9. The van der Waals surface area contributed by atoms with Crippen molar-refractivity contribution < 1.29 is 14.3 Å². The number of thioether (sulfide) groups is 1. The zero-order valence-corrected chi connectivity index (χ0v) is 17.4. The maximum Gasteiger partial charge on any atom is 0.320 e. The maximum atomic E-state index is 12.2. The van der Waals surface area contributed by atoms with Crippen molar-refractivity contribution in [2.75, 3.05) is 18.2 Å². The molecule has 0 bridgehead atoms. The number of carbonyl (C=O) groups is 2. The minimum absolute atomic E-state index is 0.0999. The highest BCUT2D eigenvalue weighted by Gasteiger charge is 2.41. The van der Waals surface area contributed by atoms with Crippen LogP contribution in [0.15, 0.2) is 0 Å². The molecule has 3 nitrogen and oxygen atoms in total.